The third-order valence-electron chi connectivity index (χ3n) is 3.74. The zero-order valence-corrected chi connectivity index (χ0v) is 13.9. The molecule has 0 unspecified atom stereocenters. The van der Waals surface area contributed by atoms with Crippen molar-refractivity contribution >= 4 is 25.1 Å². The molecular weight excluding hydrogens is 313 g/mol. The van der Waals surface area contributed by atoms with Gasteiger partial charge in [-0.1, -0.05) is 0 Å². The van der Waals surface area contributed by atoms with E-state index in [2.05, 4.69) is 10.3 Å². The highest BCUT2D eigenvalue weighted by molar-refractivity contribution is 6.41. The summed E-state index contributed by atoms with van der Waals surface area (Å²) in [4.78, 5) is 15.9. The molecule has 0 bridgehead atoms. The molecule has 2 rings (SSSR count). The summed E-state index contributed by atoms with van der Waals surface area (Å²) in [6, 6.07) is 1.73. The van der Waals surface area contributed by atoms with Crippen molar-refractivity contribution in [2.75, 3.05) is 13.1 Å². The quantitative estimate of drug-likeness (QED) is 0.750. The van der Waals surface area contributed by atoms with Crippen LogP contribution in [-0.2, 0) is 4.79 Å². The fraction of sp³-hybridized carbons (Fsp3) is 0.375. The number of halogens is 2. The monoisotopic (exact) mass is 334 g/mol. The number of hydrogen-bond donors (Lipinski definition) is 2. The van der Waals surface area contributed by atoms with Gasteiger partial charge < -0.3 is 15.5 Å². The van der Waals surface area contributed by atoms with Crippen LogP contribution in [0, 0.1) is 13.8 Å². The number of nitrogens with two attached hydrogens (primary N) is 1. The Morgan fingerprint density at radius 3 is 2.83 bits per heavy atom. The number of hydrogen-bond acceptors (Lipinski definition) is 3. The number of carbonyl (C=O) groups is 1. The van der Waals surface area contributed by atoms with E-state index in [9.17, 15) is 13.4 Å². The lowest BCUT2D eigenvalue weighted by Gasteiger charge is -2.05. The number of nitrogens with one attached hydrogen (secondary N) is 1. The van der Waals surface area contributed by atoms with Crippen LogP contribution >= 0.6 is 0 Å². The highest BCUT2D eigenvalue weighted by atomic mass is 19.2. The average Bonchev–Trinajstić information content (AvgIpc) is 3.08. The van der Waals surface area contributed by atoms with E-state index in [0.29, 0.717) is 43.0 Å². The molecule has 0 saturated carbocycles. The first-order valence-electron chi connectivity index (χ1n) is 7.83. The molecule has 1 aliphatic rings. The van der Waals surface area contributed by atoms with E-state index in [1.54, 1.807) is 38.1 Å². The molecule has 5 nitrogen and oxygen atoms in total. The lowest BCUT2D eigenvalue weighted by molar-refractivity contribution is -0.120. The predicted molar refractivity (Wildman–Crippen MR) is 93.1 cm³/mol. The summed E-state index contributed by atoms with van der Waals surface area (Å²) in [5.74, 6) is -0.0768. The molecule has 1 aromatic rings. The van der Waals surface area contributed by atoms with E-state index in [4.69, 9.17) is 5.73 Å². The van der Waals surface area contributed by atoms with Crippen molar-refractivity contribution in [1.29, 1.82) is 0 Å². The summed E-state index contributed by atoms with van der Waals surface area (Å²) >= 11 is 0. The Morgan fingerprint density at radius 2 is 2.17 bits per heavy atom. The van der Waals surface area contributed by atoms with Crippen molar-refractivity contribution in [3.05, 3.63) is 40.9 Å². The standard InChI is InChI=1S/C16H21BF2N4O/c1-11-9-12(2)23(17(18)19)15(11)10-14-4-3-13(22-14)5-6-16(24)21-8-7-20/h3-4,9-10H,5-8,20H2,1-2H3,(H,21,24)/b14-10-. The smallest absolute Gasteiger partial charge is 0.355 e. The maximum Gasteiger partial charge on any atom is 0.677 e. The van der Waals surface area contributed by atoms with Gasteiger partial charge in [0.05, 0.1) is 5.70 Å². The van der Waals surface area contributed by atoms with E-state index in [-0.39, 0.29) is 5.91 Å². The molecule has 0 atom stereocenters. The van der Waals surface area contributed by atoms with Gasteiger partial charge in [0, 0.05) is 36.6 Å². The Labute approximate surface area is 140 Å². The second-order valence-electron chi connectivity index (χ2n) is 5.65. The molecule has 0 spiro atoms. The van der Waals surface area contributed by atoms with Crippen molar-refractivity contribution in [2.45, 2.75) is 26.7 Å². The minimum Gasteiger partial charge on any atom is -0.355 e. The molecule has 0 fully saturated rings. The molecule has 1 amide bonds. The molecule has 0 radical (unpaired) electrons. The molecule has 8 heteroatoms. The number of allylic oxidation sites excluding steroid dienone is 2. The van der Waals surface area contributed by atoms with Gasteiger partial charge in [0.25, 0.3) is 0 Å². The average molecular weight is 334 g/mol. The first kappa shape index (κ1) is 18.1. The van der Waals surface area contributed by atoms with Crippen LogP contribution in [0.25, 0.3) is 6.08 Å². The molecule has 0 aliphatic carbocycles. The largest absolute Gasteiger partial charge is 0.677 e. The lowest BCUT2D eigenvalue weighted by Crippen LogP contribution is -2.29. The second-order valence-corrected chi connectivity index (χ2v) is 5.65. The van der Waals surface area contributed by atoms with Crippen molar-refractivity contribution in [1.82, 2.24) is 9.79 Å². The van der Waals surface area contributed by atoms with E-state index in [1.807, 2.05) is 0 Å². The van der Waals surface area contributed by atoms with Crippen LogP contribution in [0.15, 0.2) is 28.9 Å². The van der Waals surface area contributed by atoms with Gasteiger partial charge in [-0.05, 0) is 50.1 Å². The summed E-state index contributed by atoms with van der Waals surface area (Å²) in [5.41, 5.74) is 8.43. The Kier molecular flexibility index (Phi) is 6.08. The molecule has 0 aromatic carbocycles. The zero-order chi connectivity index (χ0) is 17.7. The molecule has 128 valence electrons. The van der Waals surface area contributed by atoms with Gasteiger partial charge in [-0.2, -0.15) is 0 Å². The fourth-order valence-corrected chi connectivity index (χ4v) is 2.60. The van der Waals surface area contributed by atoms with E-state index < -0.39 is 7.40 Å². The normalized spacial score (nSPS) is 15.0. The van der Waals surface area contributed by atoms with Gasteiger partial charge in [-0.15, -0.1) is 0 Å². The van der Waals surface area contributed by atoms with Crippen molar-refractivity contribution in [3.8, 4) is 0 Å². The second kappa shape index (κ2) is 8.05. The topological polar surface area (TPSA) is 72.4 Å². The van der Waals surface area contributed by atoms with E-state index in [0.717, 1.165) is 15.8 Å². The minimum atomic E-state index is -2.59. The maximum atomic E-state index is 13.2. The van der Waals surface area contributed by atoms with Crippen LogP contribution in [0.3, 0.4) is 0 Å². The first-order chi connectivity index (χ1) is 11.4. The van der Waals surface area contributed by atoms with Crippen LogP contribution in [0.4, 0.5) is 8.63 Å². The first-order valence-corrected chi connectivity index (χ1v) is 7.83. The summed E-state index contributed by atoms with van der Waals surface area (Å²) in [5, 5.41) is 2.69. The van der Waals surface area contributed by atoms with Crippen LogP contribution < -0.4 is 11.1 Å². The van der Waals surface area contributed by atoms with Gasteiger partial charge in [-0.25, -0.2) is 0 Å². The third-order valence-corrected chi connectivity index (χ3v) is 3.74. The number of amides is 1. The van der Waals surface area contributed by atoms with Gasteiger partial charge in [0.2, 0.25) is 5.91 Å². The SMILES string of the molecule is Cc1cc(C)n(B(F)F)c1/C=C1/C=CC(CCC(=O)NCCN)=N1. The summed E-state index contributed by atoms with van der Waals surface area (Å²) in [6.45, 7) is 4.31. The Balaban J connectivity index is 2.07. The fourth-order valence-electron chi connectivity index (χ4n) is 2.60. The van der Waals surface area contributed by atoms with Gasteiger partial charge >= 0.3 is 7.40 Å². The molecule has 3 N–H and O–H groups in total. The molecule has 0 saturated heterocycles. The van der Waals surface area contributed by atoms with Crippen LogP contribution in [0.1, 0.15) is 29.8 Å². The lowest BCUT2D eigenvalue weighted by atomic mass is 10.1. The van der Waals surface area contributed by atoms with Crippen molar-refractivity contribution < 1.29 is 13.4 Å². The molecule has 1 aliphatic heterocycles. The number of aromatic nitrogens is 1. The Hall–Kier alpha value is -2.22. The number of carbonyl (C=O) groups excluding carboxylic acids is 1. The number of rotatable bonds is 7. The van der Waals surface area contributed by atoms with E-state index >= 15 is 0 Å². The van der Waals surface area contributed by atoms with Crippen molar-refractivity contribution in [2.24, 2.45) is 10.7 Å². The van der Waals surface area contributed by atoms with Gasteiger partial charge in [0.15, 0.2) is 0 Å². The Bertz CT molecular complexity index is 707. The Morgan fingerprint density at radius 1 is 1.42 bits per heavy atom. The van der Waals surface area contributed by atoms with Gasteiger partial charge in [0.1, 0.15) is 0 Å². The van der Waals surface area contributed by atoms with E-state index in [1.165, 1.54) is 0 Å². The molecule has 2 heterocycles. The molecule has 1 aromatic heterocycles. The predicted octanol–water partition coefficient (Wildman–Crippen LogP) is 2.08. The minimum absolute atomic E-state index is 0.0768. The maximum absolute atomic E-state index is 13.2. The summed E-state index contributed by atoms with van der Waals surface area (Å²) in [6.07, 6.45) is 6.04. The molecule has 24 heavy (non-hydrogen) atoms. The third kappa shape index (κ3) is 4.41. The molecular formula is C16H21BF2N4O. The number of aliphatic imine (C=N–C) groups is 1. The van der Waals surface area contributed by atoms with Crippen LogP contribution in [0.5, 0.6) is 0 Å². The summed E-state index contributed by atoms with van der Waals surface area (Å²) in [7, 11) is -2.59. The zero-order valence-electron chi connectivity index (χ0n) is 13.9. The van der Waals surface area contributed by atoms with Gasteiger partial charge in [-0.3, -0.25) is 18.4 Å². The van der Waals surface area contributed by atoms with Crippen LogP contribution in [0.2, 0.25) is 0 Å². The van der Waals surface area contributed by atoms with Crippen LogP contribution in [-0.4, -0.2) is 36.6 Å². The number of nitrogens with zero attached hydrogens (tertiary/aromatic N) is 2. The van der Waals surface area contributed by atoms with Crippen molar-refractivity contribution in [3.63, 3.8) is 0 Å². The summed E-state index contributed by atoms with van der Waals surface area (Å²) < 4.78 is 27.4. The highest BCUT2D eigenvalue weighted by Gasteiger charge is 2.23. The number of aryl methyl sites for hydroxylation is 2. The highest BCUT2D eigenvalue weighted by Crippen LogP contribution is 2.22.